The van der Waals surface area contributed by atoms with Gasteiger partial charge in [-0.05, 0) is 60.7 Å². The van der Waals surface area contributed by atoms with Crippen LogP contribution in [0.5, 0.6) is 69.0 Å². The van der Waals surface area contributed by atoms with Gasteiger partial charge < -0.3 is 47.4 Å². The number of benzene rings is 7. The lowest BCUT2D eigenvalue weighted by Gasteiger charge is -2.21. The Labute approximate surface area is 504 Å². The maximum atomic E-state index is 15.5. The van der Waals surface area contributed by atoms with Gasteiger partial charge in [0, 0.05) is 99.9 Å². The molecule has 0 saturated carbocycles. The van der Waals surface area contributed by atoms with E-state index < -0.39 is 65.6 Å². The van der Waals surface area contributed by atoms with E-state index in [1.165, 1.54) is 54.8 Å². The molecule has 450 valence electrons. The van der Waals surface area contributed by atoms with E-state index in [1.54, 1.807) is 38.5 Å². The smallest absolute Gasteiger partial charge is 0.318 e. The summed E-state index contributed by atoms with van der Waals surface area (Å²) in [6, 6.07) is 18.4. The first kappa shape index (κ1) is 65.3. The van der Waals surface area contributed by atoms with Crippen LogP contribution >= 0.6 is 46.4 Å². The van der Waals surface area contributed by atoms with Crippen molar-refractivity contribution in [3.8, 4) is 69.0 Å². The first-order chi connectivity index (χ1) is 40.7. The number of hydrogen-bond acceptors (Lipinski definition) is 18. The van der Waals surface area contributed by atoms with Crippen LogP contribution in [0.1, 0.15) is 55.6 Å². The standard InChI is InChI=1S/C55H48F2N4O18.2CH2Cl2/c1-70-44-16-30-10-32-18-50(76-7)34(20-48(32)74-5)12-36-22-53(79-55-25-39(57)41(59(64)65)27-43(55)61(68)69)37(23-52(36)78-54-24-38(56)40(58(62)63)26-42(54)60(66)67)13-35-21-49(75-6)33(19-51(35)77-8)11-31-17-45(71-2)29(15-47(31)73-4)9-28(44)14-46(30)72-3;2*2-1-3/h14-27H,9-13H2,1-8H3;2*1H2. The second-order valence-corrected chi connectivity index (χ2v) is 19.4. The molecule has 28 heteroatoms. The molecule has 7 aromatic carbocycles. The largest absolute Gasteiger partial charge is 0.496 e. The van der Waals surface area contributed by atoms with Crippen molar-refractivity contribution in [2.24, 2.45) is 0 Å². The Hall–Kier alpha value is -8.84. The third-order valence-electron chi connectivity index (χ3n) is 13.2. The Morgan fingerprint density at radius 1 is 0.306 bits per heavy atom. The Balaban J connectivity index is 0.00000185. The molecular formula is C57H52Cl4F2N4O18. The average molecular weight is 1260 g/mol. The highest BCUT2D eigenvalue weighted by Gasteiger charge is 2.31. The summed E-state index contributed by atoms with van der Waals surface area (Å²) in [6.45, 7) is 0. The number of rotatable bonds is 16. The van der Waals surface area contributed by atoms with Crippen molar-refractivity contribution in [3.05, 3.63) is 193 Å². The summed E-state index contributed by atoms with van der Waals surface area (Å²) in [6.07, 6.45) is 0.206. The van der Waals surface area contributed by atoms with E-state index in [0.717, 1.165) is 11.1 Å². The van der Waals surface area contributed by atoms with E-state index in [0.29, 0.717) is 98.6 Å². The van der Waals surface area contributed by atoms with E-state index in [1.807, 2.05) is 24.3 Å². The summed E-state index contributed by atoms with van der Waals surface area (Å²) in [7, 11) is 11.8. The van der Waals surface area contributed by atoms with Crippen LogP contribution in [0.4, 0.5) is 31.5 Å². The number of nitro groups is 4. The van der Waals surface area contributed by atoms with Gasteiger partial charge in [-0.15, -0.1) is 46.4 Å². The van der Waals surface area contributed by atoms with Gasteiger partial charge in [-0.2, -0.15) is 8.78 Å². The van der Waals surface area contributed by atoms with Gasteiger partial charge in [0.05, 0.1) is 87.2 Å². The third-order valence-corrected chi connectivity index (χ3v) is 13.2. The molecule has 0 heterocycles. The van der Waals surface area contributed by atoms with Gasteiger partial charge >= 0.3 is 22.7 Å². The van der Waals surface area contributed by atoms with Crippen molar-refractivity contribution in [1.29, 1.82) is 0 Å². The normalized spacial score (nSPS) is 11.4. The van der Waals surface area contributed by atoms with Gasteiger partial charge in [0.2, 0.25) is 23.1 Å². The van der Waals surface area contributed by atoms with Crippen LogP contribution in [0.25, 0.3) is 0 Å². The molecule has 0 unspecified atom stereocenters. The first-order valence-corrected chi connectivity index (χ1v) is 26.8. The van der Waals surface area contributed by atoms with E-state index in [-0.39, 0.29) is 70.5 Å². The van der Waals surface area contributed by atoms with Gasteiger partial charge in [0.1, 0.15) is 69.6 Å². The maximum absolute atomic E-state index is 15.5. The van der Waals surface area contributed by atoms with Gasteiger partial charge in [0.25, 0.3) is 0 Å². The number of hydrogen-bond donors (Lipinski definition) is 0. The molecule has 17 rings (SSSR count). The van der Waals surface area contributed by atoms with Crippen molar-refractivity contribution < 1.29 is 75.8 Å². The molecule has 0 spiro atoms. The van der Waals surface area contributed by atoms with Crippen LogP contribution in [-0.2, 0) is 32.1 Å². The van der Waals surface area contributed by atoms with Crippen LogP contribution in [0.2, 0.25) is 0 Å². The molecule has 0 atom stereocenters. The molecule has 0 N–H and O–H groups in total. The summed E-state index contributed by atoms with van der Waals surface area (Å²) in [5.41, 5.74) is 0.476. The minimum Gasteiger partial charge on any atom is -0.496 e. The lowest BCUT2D eigenvalue weighted by molar-refractivity contribution is -0.396. The molecule has 7 aromatic rings. The van der Waals surface area contributed by atoms with E-state index in [2.05, 4.69) is 0 Å². The SMILES string of the molecule is COc1cc2c(OC)cc1Cc1cc(OC)c(cc1OC)Cc1cc(OC)c(cc1OC)Cc1cc(Oc3cc(F)c([N+](=O)[O-])cc3[N+](=O)[O-])c(cc1Oc1cc(F)c([N+](=O)[O-])cc1[N+](=O)[O-])Cc1cc(OC)c(cc1OC)C2.ClCCl.ClCCl. The number of nitro benzene ring substituents is 4. The van der Waals surface area contributed by atoms with E-state index in [4.69, 9.17) is 93.8 Å². The molecule has 85 heavy (non-hydrogen) atoms. The fraction of sp³-hybridized carbons (Fsp3) is 0.263. The van der Waals surface area contributed by atoms with Gasteiger partial charge in [-0.1, -0.05) is 0 Å². The molecule has 0 amide bonds. The number of alkyl halides is 4. The van der Waals surface area contributed by atoms with Gasteiger partial charge in [-0.3, -0.25) is 40.5 Å². The van der Waals surface area contributed by atoms with Crippen LogP contribution < -0.4 is 47.4 Å². The minimum atomic E-state index is -1.48. The van der Waals surface area contributed by atoms with Crippen LogP contribution in [0, 0.1) is 52.1 Å². The highest BCUT2D eigenvalue weighted by atomic mass is 35.5. The Morgan fingerprint density at radius 2 is 0.471 bits per heavy atom. The van der Waals surface area contributed by atoms with Crippen molar-refractivity contribution in [2.45, 2.75) is 32.1 Å². The van der Waals surface area contributed by atoms with Gasteiger partial charge in [-0.25, -0.2) is 0 Å². The van der Waals surface area contributed by atoms with Crippen LogP contribution in [-0.4, -0.2) is 87.2 Å². The second-order valence-electron chi connectivity index (χ2n) is 17.8. The minimum absolute atomic E-state index is 0.0487. The zero-order chi connectivity index (χ0) is 62.4. The van der Waals surface area contributed by atoms with Crippen molar-refractivity contribution in [1.82, 2.24) is 0 Å². The quantitative estimate of drug-likeness (QED) is 0.0494. The van der Waals surface area contributed by atoms with Gasteiger partial charge in [0.15, 0.2) is 0 Å². The summed E-state index contributed by atoms with van der Waals surface area (Å²) in [4.78, 5) is 44.3. The van der Waals surface area contributed by atoms with Crippen molar-refractivity contribution in [3.63, 3.8) is 0 Å². The summed E-state index contributed by atoms with van der Waals surface area (Å²) >= 11 is 19.1. The molecule has 0 aromatic heterocycles. The van der Waals surface area contributed by atoms with Crippen molar-refractivity contribution >= 4 is 69.2 Å². The predicted molar refractivity (Wildman–Crippen MR) is 311 cm³/mol. The number of nitrogens with zero attached hydrogens (tertiary/aromatic N) is 4. The zero-order valence-corrected chi connectivity index (χ0v) is 49.5. The molecule has 22 nitrogen and oxygen atoms in total. The summed E-state index contributed by atoms with van der Waals surface area (Å²) in [5, 5.41) is 49.0. The summed E-state index contributed by atoms with van der Waals surface area (Å²) in [5.74, 6) is -1.79. The molecule has 0 aliphatic heterocycles. The number of halogens is 6. The zero-order valence-electron chi connectivity index (χ0n) is 46.4. The monoisotopic (exact) mass is 1260 g/mol. The fourth-order valence-electron chi connectivity index (χ4n) is 9.37. The first-order valence-electron chi connectivity index (χ1n) is 24.6. The van der Waals surface area contributed by atoms with E-state index in [9.17, 15) is 40.5 Å². The lowest BCUT2D eigenvalue weighted by atomic mass is 9.94. The average Bonchev–Trinajstić information content (AvgIpc) is 2.47. The highest BCUT2D eigenvalue weighted by Crippen LogP contribution is 2.47. The van der Waals surface area contributed by atoms with E-state index >= 15 is 8.78 Å². The van der Waals surface area contributed by atoms with Crippen LogP contribution in [0.15, 0.2) is 84.9 Å². The van der Waals surface area contributed by atoms with Crippen LogP contribution in [0.3, 0.4) is 0 Å². The molecule has 10 aliphatic rings. The Morgan fingerprint density at radius 3 is 0.635 bits per heavy atom. The lowest BCUT2D eigenvalue weighted by Crippen LogP contribution is -2.06. The van der Waals surface area contributed by atoms with Crippen molar-refractivity contribution in [2.75, 3.05) is 67.6 Å². The Kier molecular flexibility index (Phi) is 22.8. The molecular weight excluding hydrogens is 1210 g/mol. The summed E-state index contributed by atoms with van der Waals surface area (Å²) < 4.78 is 91.1. The molecule has 0 saturated heterocycles. The second kappa shape index (κ2) is 29.6. The third kappa shape index (κ3) is 15.1. The predicted octanol–water partition coefficient (Wildman–Crippen LogP) is 14.4. The number of methoxy groups -OCH3 is 8. The Bertz CT molecular complexity index is 3440. The molecule has 10 bridgehead atoms. The maximum Gasteiger partial charge on any atom is 0.318 e. The number of ether oxygens (including phenoxy) is 10. The fourth-order valence-corrected chi connectivity index (χ4v) is 9.37. The topological polar surface area (TPSA) is 265 Å². The molecule has 10 aliphatic carbocycles. The molecule has 0 radical (unpaired) electrons. The highest BCUT2D eigenvalue weighted by molar-refractivity contribution is 6.41. The molecule has 0 fully saturated rings.